The van der Waals surface area contributed by atoms with Crippen LogP contribution in [0.1, 0.15) is 51.1 Å². The van der Waals surface area contributed by atoms with Crippen molar-refractivity contribution < 1.29 is 9.47 Å². The molecule has 0 aromatic heterocycles. The summed E-state index contributed by atoms with van der Waals surface area (Å²) in [6, 6.07) is 6.14. The summed E-state index contributed by atoms with van der Waals surface area (Å²) in [5.74, 6) is 3.78. The van der Waals surface area contributed by atoms with E-state index in [1.165, 1.54) is 25.7 Å². The van der Waals surface area contributed by atoms with Crippen molar-refractivity contribution in [1.29, 1.82) is 0 Å². The molecule has 1 saturated carbocycles. The molecule has 1 aliphatic carbocycles. The van der Waals surface area contributed by atoms with Gasteiger partial charge < -0.3 is 15.2 Å². The highest BCUT2D eigenvalue weighted by Crippen LogP contribution is 2.39. The van der Waals surface area contributed by atoms with Gasteiger partial charge in [0.05, 0.1) is 14.2 Å². The van der Waals surface area contributed by atoms with Crippen molar-refractivity contribution in [2.75, 3.05) is 14.2 Å². The molecule has 1 atom stereocenters. The summed E-state index contributed by atoms with van der Waals surface area (Å²) in [5, 5.41) is 0. The van der Waals surface area contributed by atoms with Crippen LogP contribution in [0.4, 0.5) is 0 Å². The van der Waals surface area contributed by atoms with Crippen LogP contribution in [-0.4, -0.2) is 14.2 Å². The molecule has 0 spiro atoms. The molecule has 1 unspecified atom stereocenters. The third kappa shape index (κ3) is 3.70. The SMILES string of the molecule is COc1ccc(C(N)C2CCC(C(C)C)CC2)cc1OC. The first kappa shape index (κ1) is 16.2. The Balaban J connectivity index is 2.05. The molecule has 118 valence electrons. The lowest BCUT2D eigenvalue weighted by atomic mass is 9.73. The molecule has 1 aromatic rings. The summed E-state index contributed by atoms with van der Waals surface area (Å²) in [7, 11) is 3.33. The molecule has 21 heavy (non-hydrogen) atoms. The first-order valence-electron chi connectivity index (χ1n) is 8.04. The average molecular weight is 291 g/mol. The van der Waals surface area contributed by atoms with Crippen molar-refractivity contribution in [1.82, 2.24) is 0 Å². The van der Waals surface area contributed by atoms with Crippen molar-refractivity contribution in [2.24, 2.45) is 23.5 Å². The second-order valence-electron chi connectivity index (χ2n) is 6.56. The molecule has 0 bridgehead atoms. The van der Waals surface area contributed by atoms with Gasteiger partial charge in [-0.2, -0.15) is 0 Å². The van der Waals surface area contributed by atoms with E-state index < -0.39 is 0 Å². The lowest BCUT2D eigenvalue weighted by Crippen LogP contribution is -2.27. The van der Waals surface area contributed by atoms with E-state index in [2.05, 4.69) is 19.9 Å². The van der Waals surface area contributed by atoms with E-state index in [0.29, 0.717) is 5.92 Å². The number of nitrogens with two attached hydrogens (primary N) is 1. The first-order valence-corrected chi connectivity index (χ1v) is 8.04. The largest absolute Gasteiger partial charge is 0.493 e. The monoisotopic (exact) mass is 291 g/mol. The quantitative estimate of drug-likeness (QED) is 0.885. The zero-order valence-electron chi connectivity index (χ0n) is 13.8. The van der Waals surface area contributed by atoms with E-state index >= 15 is 0 Å². The van der Waals surface area contributed by atoms with Gasteiger partial charge in [-0.05, 0) is 61.1 Å². The maximum Gasteiger partial charge on any atom is 0.161 e. The Morgan fingerprint density at radius 2 is 1.52 bits per heavy atom. The average Bonchev–Trinajstić information content (AvgIpc) is 2.53. The van der Waals surface area contributed by atoms with Crippen LogP contribution in [0.25, 0.3) is 0 Å². The lowest BCUT2D eigenvalue weighted by molar-refractivity contribution is 0.203. The van der Waals surface area contributed by atoms with E-state index in [1.807, 2.05) is 12.1 Å². The van der Waals surface area contributed by atoms with Gasteiger partial charge in [0, 0.05) is 6.04 Å². The molecular weight excluding hydrogens is 262 g/mol. The Hall–Kier alpha value is -1.22. The predicted molar refractivity (Wildman–Crippen MR) is 86.8 cm³/mol. The third-order valence-electron chi connectivity index (χ3n) is 5.06. The van der Waals surface area contributed by atoms with Crippen molar-refractivity contribution in [3.8, 4) is 11.5 Å². The van der Waals surface area contributed by atoms with Gasteiger partial charge >= 0.3 is 0 Å². The second kappa shape index (κ2) is 7.17. The Morgan fingerprint density at radius 1 is 0.952 bits per heavy atom. The highest BCUT2D eigenvalue weighted by atomic mass is 16.5. The summed E-state index contributed by atoms with van der Waals surface area (Å²) in [4.78, 5) is 0. The standard InChI is InChI=1S/C18H29NO2/c1-12(2)13-5-7-14(8-6-13)18(19)15-9-10-16(20-3)17(11-15)21-4/h9-14,18H,5-8,19H2,1-4H3. The van der Waals surface area contributed by atoms with Gasteiger partial charge in [-0.15, -0.1) is 0 Å². The molecule has 0 aliphatic heterocycles. The van der Waals surface area contributed by atoms with Crippen LogP contribution in [0.15, 0.2) is 18.2 Å². The van der Waals surface area contributed by atoms with Gasteiger partial charge in [0.15, 0.2) is 11.5 Å². The molecule has 3 nitrogen and oxygen atoms in total. The fourth-order valence-electron chi connectivity index (χ4n) is 3.50. The van der Waals surface area contributed by atoms with Gasteiger partial charge in [-0.3, -0.25) is 0 Å². The number of hydrogen-bond donors (Lipinski definition) is 1. The summed E-state index contributed by atoms with van der Waals surface area (Å²) < 4.78 is 10.7. The molecule has 0 amide bonds. The minimum Gasteiger partial charge on any atom is -0.493 e. The van der Waals surface area contributed by atoms with E-state index in [-0.39, 0.29) is 6.04 Å². The molecule has 2 N–H and O–H groups in total. The fraction of sp³-hybridized carbons (Fsp3) is 0.667. The van der Waals surface area contributed by atoms with Crippen LogP contribution in [-0.2, 0) is 0 Å². The minimum absolute atomic E-state index is 0.0953. The molecule has 0 saturated heterocycles. The molecular formula is C18H29NO2. The summed E-state index contributed by atoms with van der Waals surface area (Å²) in [6.07, 6.45) is 5.09. The highest BCUT2D eigenvalue weighted by Gasteiger charge is 2.28. The number of rotatable bonds is 5. The van der Waals surface area contributed by atoms with E-state index in [9.17, 15) is 0 Å². The zero-order chi connectivity index (χ0) is 15.4. The molecule has 0 heterocycles. The van der Waals surface area contributed by atoms with Crippen LogP contribution >= 0.6 is 0 Å². The maximum absolute atomic E-state index is 6.51. The second-order valence-corrected chi connectivity index (χ2v) is 6.56. The Labute approximate surface area is 128 Å². The van der Waals surface area contributed by atoms with Gasteiger partial charge in [-0.1, -0.05) is 19.9 Å². The zero-order valence-corrected chi connectivity index (χ0v) is 13.8. The van der Waals surface area contributed by atoms with E-state index in [1.54, 1.807) is 14.2 Å². The van der Waals surface area contributed by atoms with E-state index in [4.69, 9.17) is 15.2 Å². The predicted octanol–water partition coefficient (Wildman–Crippen LogP) is 4.17. The van der Waals surface area contributed by atoms with Crippen molar-refractivity contribution in [3.63, 3.8) is 0 Å². The lowest BCUT2D eigenvalue weighted by Gasteiger charge is -2.34. The smallest absolute Gasteiger partial charge is 0.161 e. The van der Waals surface area contributed by atoms with Crippen LogP contribution in [0.5, 0.6) is 11.5 Å². The molecule has 1 fully saturated rings. The van der Waals surface area contributed by atoms with Gasteiger partial charge in [0.25, 0.3) is 0 Å². The number of ether oxygens (including phenoxy) is 2. The van der Waals surface area contributed by atoms with Gasteiger partial charge in [-0.25, -0.2) is 0 Å². The normalized spacial score (nSPS) is 23.9. The fourth-order valence-corrected chi connectivity index (χ4v) is 3.50. The Morgan fingerprint density at radius 3 is 2.05 bits per heavy atom. The van der Waals surface area contributed by atoms with E-state index in [0.717, 1.165) is 28.9 Å². The van der Waals surface area contributed by atoms with Crippen LogP contribution in [0.3, 0.4) is 0 Å². The Bertz CT molecular complexity index is 451. The van der Waals surface area contributed by atoms with Crippen LogP contribution in [0, 0.1) is 17.8 Å². The summed E-state index contributed by atoms with van der Waals surface area (Å²) in [5.41, 5.74) is 7.66. The maximum atomic E-state index is 6.51. The Kier molecular flexibility index (Phi) is 5.51. The molecule has 0 radical (unpaired) electrons. The first-order chi connectivity index (χ1) is 10.1. The minimum atomic E-state index is 0.0953. The molecule has 3 heteroatoms. The summed E-state index contributed by atoms with van der Waals surface area (Å²) in [6.45, 7) is 4.67. The van der Waals surface area contributed by atoms with Crippen molar-refractivity contribution >= 4 is 0 Å². The number of methoxy groups -OCH3 is 2. The highest BCUT2D eigenvalue weighted by molar-refractivity contribution is 5.43. The molecule has 1 aromatic carbocycles. The molecule has 1 aliphatic rings. The third-order valence-corrected chi connectivity index (χ3v) is 5.06. The topological polar surface area (TPSA) is 44.5 Å². The van der Waals surface area contributed by atoms with Crippen molar-refractivity contribution in [2.45, 2.75) is 45.6 Å². The van der Waals surface area contributed by atoms with Crippen molar-refractivity contribution in [3.05, 3.63) is 23.8 Å². The van der Waals surface area contributed by atoms with Gasteiger partial charge in [0.2, 0.25) is 0 Å². The van der Waals surface area contributed by atoms with Gasteiger partial charge in [0.1, 0.15) is 0 Å². The van der Waals surface area contributed by atoms with Crippen LogP contribution in [0.2, 0.25) is 0 Å². The molecule has 2 rings (SSSR count). The summed E-state index contributed by atoms with van der Waals surface area (Å²) >= 11 is 0. The van der Waals surface area contributed by atoms with Crippen LogP contribution < -0.4 is 15.2 Å². The number of benzene rings is 1. The number of hydrogen-bond acceptors (Lipinski definition) is 3.